The molecule has 4 rings (SSSR count). The first kappa shape index (κ1) is 23.3. The van der Waals surface area contributed by atoms with E-state index in [4.69, 9.17) is 21.1 Å². The van der Waals surface area contributed by atoms with Crippen LogP contribution >= 0.6 is 11.6 Å². The third-order valence-corrected chi connectivity index (χ3v) is 5.45. The lowest BCUT2D eigenvalue weighted by atomic mass is 10.1. The molecule has 0 atom stereocenters. The number of amides is 1. The lowest BCUT2D eigenvalue weighted by molar-refractivity contribution is -0.128. The van der Waals surface area contributed by atoms with Crippen LogP contribution < -0.4 is 14.8 Å². The summed E-state index contributed by atoms with van der Waals surface area (Å²) >= 11 is 5.90. The predicted octanol–water partition coefficient (Wildman–Crippen LogP) is 5.52. The summed E-state index contributed by atoms with van der Waals surface area (Å²) in [6, 6.07) is 15.6. The van der Waals surface area contributed by atoms with Gasteiger partial charge >= 0.3 is 0 Å². The molecule has 2 aromatic heterocycles. The monoisotopic (exact) mass is 477 g/mol. The number of nitrogens with zero attached hydrogens (tertiary/aromatic N) is 4. The Morgan fingerprint density at radius 2 is 1.65 bits per heavy atom. The van der Waals surface area contributed by atoms with Gasteiger partial charge in [0.15, 0.2) is 5.60 Å². The van der Waals surface area contributed by atoms with Gasteiger partial charge in [-0.3, -0.25) is 9.36 Å². The number of carbonyl (C=O) groups excluding carboxylic acids is 1. The Hall–Kier alpha value is -3.91. The van der Waals surface area contributed by atoms with Crippen molar-refractivity contribution in [3.05, 3.63) is 83.7 Å². The first-order valence-electron chi connectivity index (χ1n) is 10.6. The standard InChI is InChI=1S/C25H24ClN5O3/c1-16-17(2)31(15-29-16)22-13-23(28-14-27-22)33-20-11-7-19(8-12-20)30-24(32)25(3,4)34-21-9-5-18(26)6-10-21/h5-15H,1-4H3,(H,30,32). The molecule has 0 unspecified atom stereocenters. The number of nitrogens with one attached hydrogen (secondary N) is 1. The molecular weight excluding hydrogens is 454 g/mol. The average molecular weight is 478 g/mol. The number of imidazole rings is 1. The molecule has 0 radical (unpaired) electrons. The molecule has 0 fully saturated rings. The number of aryl methyl sites for hydroxylation is 1. The minimum Gasteiger partial charge on any atom is -0.478 e. The quantitative estimate of drug-likeness (QED) is 0.377. The van der Waals surface area contributed by atoms with Gasteiger partial charge in [0.1, 0.15) is 30.0 Å². The molecule has 1 N–H and O–H groups in total. The number of halogens is 1. The fraction of sp³-hybridized carbons (Fsp3) is 0.200. The van der Waals surface area contributed by atoms with Crippen LogP contribution in [0.25, 0.3) is 5.82 Å². The maximum atomic E-state index is 12.8. The minimum atomic E-state index is -1.09. The van der Waals surface area contributed by atoms with Crippen molar-refractivity contribution < 1.29 is 14.3 Å². The first-order chi connectivity index (χ1) is 16.2. The Balaban J connectivity index is 1.40. The van der Waals surface area contributed by atoms with Crippen molar-refractivity contribution in [3.63, 3.8) is 0 Å². The van der Waals surface area contributed by atoms with Gasteiger partial charge in [-0.25, -0.2) is 15.0 Å². The van der Waals surface area contributed by atoms with Crippen molar-refractivity contribution >= 4 is 23.2 Å². The lowest BCUT2D eigenvalue weighted by Gasteiger charge is -2.25. The maximum Gasteiger partial charge on any atom is 0.267 e. The smallest absolute Gasteiger partial charge is 0.267 e. The highest BCUT2D eigenvalue weighted by atomic mass is 35.5. The summed E-state index contributed by atoms with van der Waals surface area (Å²) in [4.78, 5) is 25.5. The van der Waals surface area contributed by atoms with E-state index in [1.165, 1.54) is 6.33 Å². The largest absolute Gasteiger partial charge is 0.478 e. The molecule has 0 saturated carbocycles. The van der Waals surface area contributed by atoms with E-state index in [-0.39, 0.29) is 5.91 Å². The van der Waals surface area contributed by atoms with E-state index in [0.29, 0.717) is 33.9 Å². The molecule has 0 saturated heterocycles. The predicted molar refractivity (Wildman–Crippen MR) is 130 cm³/mol. The van der Waals surface area contributed by atoms with Crippen LogP contribution in [-0.4, -0.2) is 31.0 Å². The van der Waals surface area contributed by atoms with Gasteiger partial charge < -0.3 is 14.8 Å². The van der Waals surface area contributed by atoms with Crippen LogP contribution in [0.2, 0.25) is 5.02 Å². The Morgan fingerprint density at radius 1 is 0.971 bits per heavy atom. The molecule has 174 valence electrons. The number of benzene rings is 2. The summed E-state index contributed by atoms with van der Waals surface area (Å²) in [6.07, 6.45) is 3.16. The van der Waals surface area contributed by atoms with E-state index < -0.39 is 5.60 Å². The van der Waals surface area contributed by atoms with E-state index in [1.807, 2.05) is 18.4 Å². The molecule has 8 nitrogen and oxygen atoms in total. The van der Waals surface area contributed by atoms with E-state index >= 15 is 0 Å². The molecule has 2 aromatic carbocycles. The van der Waals surface area contributed by atoms with Crippen LogP contribution in [0.1, 0.15) is 25.2 Å². The SMILES string of the molecule is Cc1ncn(-c2cc(Oc3ccc(NC(=O)C(C)(C)Oc4ccc(Cl)cc4)cc3)ncn2)c1C. The average Bonchev–Trinajstić information content (AvgIpc) is 3.15. The summed E-state index contributed by atoms with van der Waals surface area (Å²) in [5.74, 6) is 1.89. The lowest BCUT2D eigenvalue weighted by Crippen LogP contribution is -2.42. The molecule has 2 heterocycles. The fourth-order valence-electron chi connectivity index (χ4n) is 3.10. The van der Waals surface area contributed by atoms with Crippen LogP contribution in [0.15, 0.2) is 67.3 Å². The molecule has 0 spiro atoms. The van der Waals surface area contributed by atoms with Gasteiger partial charge in [0, 0.05) is 22.5 Å². The third-order valence-electron chi connectivity index (χ3n) is 5.19. The summed E-state index contributed by atoms with van der Waals surface area (Å²) in [7, 11) is 0. The zero-order valence-electron chi connectivity index (χ0n) is 19.2. The van der Waals surface area contributed by atoms with E-state index in [0.717, 1.165) is 11.4 Å². The van der Waals surface area contributed by atoms with Crippen LogP contribution in [-0.2, 0) is 4.79 Å². The highest BCUT2D eigenvalue weighted by Crippen LogP contribution is 2.25. The highest BCUT2D eigenvalue weighted by molar-refractivity contribution is 6.30. The number of hydrogen-bond acceptors (Lipinski definition) is 6. The summed E-state index contributed by atoms with van der Waals surface area (Å²) in [5.41, 5.74) is 1.44. The Labute approximate surface area is 202 Å². The van der Waals surface area contributed by atoms with Gasteiger partial charge in [0.25, 0.3) is 5.91 Å². The third kappa shape index (κ3) is 5.35. The number of ether oxygens (including phenoxy) is 2. The van der Waals surface area contributed by atoms with Crippen molar-refractivity contribution in [2.45, 2.75) is 33.3 Å². The Kier molecular flexibility index (Phi) is 6.51. The summed E-state index contributed by atoms with van der Waals surface area (Å²) in [6.45, 7) is 7.31. The second-order valence-corrected chi connectivity index (χ2v) is 8.58. The molecule has 4 aromatic rings. The number of rotatable bonds is 7. The number of anilines is 1. The van der Waals surface area contributed by atoms with Crippen molar-refractivity contribution in [2.24, 2.45) is 0 Å². The van der Waals surface area contributed by atoms with Gasteiger partial charge in [0.2, 0.25) is 5.88 Å². The van der Waals surface area contributed by atoms with Gasteiger partial charge in [0.05, 0.1) is 5.69 Å². The Bertz CT molecular complexity index is 1300. The van der Waals surface area contributed by atoms with Crippen LogP contribution in [0, 0.1) is 13.8 Å². The van der Waals surface area contributed by atoms with Crippen LogP contribution in [0.4, 0.5) is 5.69 Å². The molecule has 9 heteroatoms. The molecule has 1 amide bonds. The van der Waals surface area contributed by atoms with Gasteiger partial charge in [-0.15, -0.1) is 0 Å². The minimum absolute atomic E-state index is 0.289. The molecule has 0 aliphatic carbocycles. The molecule has 0 bridgehead atoms. The zero-order chi connectivity index (χ0) is 24.3. The van der Waals surface area contributed by atoms with E-state index in [1.54, 1.807) is 74.8 Å². The van der Waals surface area contributed by atoms with Gasteiger partial charge in [-0.2, -0.15) is 0 Å². The van der Waals surface area contributed by atoms with E-state index in [9.17, 15) is 4.79 Å². The second-order valence-electron chi connectivity index (χ2n) is 8.15. The summed E-state index contributed by atoms with van der Waals surface area (Å²) in [5, 5.41) is 3.46. The van der Waals surface area contributed by atoms with Crippen molar-refractivity contribution in [2.75, 3.05) is 5.32 Å². The van der Waals surface area contributed by atoms with Gasteiger partial charge in [-0.05, 0) is 76.2 Å². The zero-order valence-corrected chi connectivity index (χ0v) is 20.0. The first-order valence-corrected chi connectivity index (χ1v) is 11.0. The van der Waals surface area contributed by atoms with Crippen LogP contribution in [0.5, 0.6) is 17.4 Å². The van der Waals surface area contributed by atoms with Crippen LogP contribution in [0.3, 0.4) is 0 Å². The van der Waals surface area contributed by atoms with Crippen molar-refractivity contribution in [3.8, 4) is 23.2 Å². The molecular formula is C25H24ClN5O3. The number of carbonyl (C=O) groups is 1. The normalized spacial score (nSPS) is 11.2. The maximum absolute atomic E-state index is 12.8. The number of hydrogen-bond donors (Lipinski definition) is 1. The Morgan fingerprint density at radius 3 is 2.29 bits per heavy atom. The number of aromatic nitrogens is 4. The fourth-order valence-corrected chi connectivity index (χ4v) is 3.23. The highest BCUT2D eigenvalue weighted by Gasteiger charge is 2.30. The molecule has 34 heavy (non-hydrogen) atoms. The topological polar surface area (TPSA) is 91.2 Å². The summed E-state index contributed by atoms with van der Waals surface area (Å²) < 4.78 is 13.6. The van der Waals surface area contributed by atoms with Gasteiger partial charge in [-0.1, -0.05) is 11.6 Å². The second kappa shape index (κ2) is 9.52. The van der Waals surface area contributed by atoms with Crippen molar-refractivity contribution in [1.82, 2.24) is 19.5 Å². The van der Waals surface area contributed by atoms with Crippen molar-refractivity contribution in [1.29, 1.82) is 0 Å². The van der Waals surface area contributed by atoms with E-state index in [2.05, 4.69) is 20.3 Å². The molecule has 0 aliphatic heterocycles. The molecule has 0 aliphatic rings.